The molecule has 0 saturated carbocycles. The van der Waals surface area contributed by atoms with Crippen molar-refractivity contribution in [2.24, 2.45) is 5.92 Å². The lowest BCUT2D eigenvalue weighted by atomic mass is 10.0. The molecule has 1 saturated heterocycles. The van der Waals surface area contributed by atoms with E-state index in [0.717, 1.165) is 11.1 Å². The zero-order valence-corrected chi connectivity index (χ0v) is 11.1. The molecule has 0 atom stereocenters. The number of aliphatic hydroxyl groups excluding tert-OH is 1. The summed E-state index contributed by atoms with van der Waals surface area (Å²) >= 11 is 1.31. The molecule has 0 bridgehead atoms. The summed E-state index contributed by atoms with van der Waals surface area (Å²) < 4.78 is 5.53. The number of likely N-dealkylation sites (tertiary alicyclic amines) is 1. The summed E-state index contributed by atoms with van der Waals surface area (Å²) in [5.74, 6) is 0.639. The third kappa shape index (κ3) is 2.59. The molecule has 1 aliphatic rings. The molecule has 0 spiro atoms. The first-order chi connectivity index (χ1) is 9.26. The Kier molecular flexibility index (Phi) is 3.44. The number of fused-ring (bicyclic) bond motifs is 1. The molecule has 2 heterocycles. The van der Waals surface area contributed by atoms with Crippen LogP contribution in [0.5, 0.6) is 0 Å². The highest BCUT2D eigenvalue weighted by molar-refractivity contribution is 7.99. The Morgan fingerprint density at radius 1 is 1.47 bits per heavy atom. The number of hydrogen-bond donors (Lipinski definition) is 1. The van der Waals surface area contributed by atoms with E-state index in [1.807, 2.05) is 24.3 Å². The maximum atomic E-state index is 11.8. The fourth-order valence-corrected chi connectivity index (χ4v) is 2.76. The largest absolute Gasteiger partial charge is 0.431 e. The molecule has 1 aromatic heterocycles. The summed E-state index contributed by atoms with van der Waals surface area (Å²) in [7, 11) is 0. The van der Waals surface area contributed by atoms with Gasteiger partial charge in [0.05, 0.1) is 5.75 Å². The van der Waals surface area contributed by atoms with Crippen LogP contribution in [0.25, 0.3) is 11.1 Å². The summed E-state index contributed by atoms with van der Waals surface area (Å²) in [6, 6.07) is 7.53. The van der Waals surface area contributed by atoms with Gasteiger partial charge in [0, 0.05) is 25.6 Å². The molecule has 3 rings (SSSR count). The first-order valence-electron chi connectivity index (χ1n) is 6.13. The number of carbonyl (C=O) groups excluding carboxylic acids is 1. The van der Waals surface area contributed by atoms with Crippen molar-refractivity contribution in [3.63, 3.8) is 0 Å². The van der Waals surface area contributed by atoms with Crippen LogP contribution in [0.15, 0.2) is 33.9 Å². The van der Waals surface area contributed by atoms with Crippen molar-refractivity contribution in [1.29, 1.82) is 0 Å². The van der Waals surface area contributed by atoms with E-state index in [1.54, 1.807) is 4.90 Å². The summed E-state index contributed by atoms with van der Waals surface area (Å²) in [6.07, 6.45) is 0. The number of rotatable bonds is 4. The molecule has 0 unspecified atom stereocenters. The Hall–Kier alpha value is -1.53. The predicted octanol–water partition coefficient (Wildman–Crippen LogP) is 1.37. The van der Waals surface area contributed by atoms with Crippen molar-refractivity contribution in [2.45, 2.75) is 5.22 Å². The lowest BCUT2D eigenvalue weighted by Gasteiger charge is -2.38. The molecule has 1 aliphatic heterocycles. The maximum absolute atomic E-state index is 11.8. The van der Waals surface area contributed by atoms with E-state index in [9.17, 15) is 4.79 Å². The lowest BCUT2D eigenvalue weighted by Crippen LogP contribution is -2.51. The Balaban J connectivity index is 1.56. The third-order valence-electron chi connectivity index (χ3n) is 3.16. The Labute approximate surface area is 114 Å². The van der Waals surface area contributed by atoms with Crippen molar-refractivity contribution in [3.05, 3.63) is 24.3 Å². The minimum absolute atomic E-state index is 0.0666. The summed E-state index contributed by atoms with van der Waals surface area (Å²) in [6.45, 7) is 1.47. The topological polar surface area (TPSA) is 66.6 Å². The fourth-order valence-electron chi connectivity index (χ4n) is 2.02. The number of thioether (sulfide) groups is 1. The normalized spacial score (nSPS) is 15.7. The molecule has 0 aliphatic carbocycles. The van der Waals surface area contributed by atoms with E-state index < -0.39 is 0 Å². The number of nitrogens with zero attached hydrogens (tertiary/aromatic N) is 2. The van der Waals surface area contributed by atoms with Crippen molar-refractivity contribution >= 4 is 28.8 Å². The summed E-state index contributed by atoms with van der Waals surface area (Å²) in [4.78, 5) is 17.9. The molecule has 6 heteroatoms. The van der Waals surface area contributed by atoms with Gasteiger partial charge < -0.3 is 14.4 Å². The first kappa shape index (κ1) is 12.5. The van der Waals surface area contributed by atoms with Gasteiger partial charge in [0.2, 0.25) is 5.91 Å². The van der Waals surface area contributed by atoms with E-state index >= 15 is 0 Å². The van der Waals surface area contributed by atoms with Crippen LogP contribution >= 0.6 is 11.8 Å². The number of benzene rings is 1. The molecule has 1 N–H and O–H groups in total. The Morgan fingerprint density at radius 3 is 3.00 bits per heavy atom. The molecule has 1 fully saturated rings. The van der Waals surface area contributed by atoms with Crippen LogP contribution in [-0.2, 0) is 4.79 Å². The van der Waals surface area contributed by atoms with Gasteiger partial charge in [-0.3, -0.25) is 4.79 Å². The second-order valence-corrected chi connectivity index (χ2v) is 5.51. The van der Waals surface area contributed by atoms with Crippen LogP contribution in [0.4, 0.5) is 0 Å². The maximum Gasteiger partial charge on any atom is 0.257 e. The van der Waals surface area contributed by atoms with Crippen LogP contribution in [-0.4, -0.2) is 46.3 Å². The van der Waals surface area contributed by atoms with Gasteiger partial charge in [-0.2, -0.15) is 0 Å². The minimum atomic E-state index is 0.0666. The number of amides is 1. The van der Waals surface area contributed by atoms with E-state index in [1.165, 1.54) is 11.8 Å². The van der Waals surface area contributed by atoms with Gasteiger partial charge >= 0.3 is 0 Å². The van der Waals surface area contributed by atoms with Crippen LogP contribution in [0.3, 0.4) is 0 Å². The molecule has 1 amide bonds. The molecule has 1 aromatic carbocycles. The average molecular weight is 278 g/mol. The van der Waals surface area contributed by atoms with Gasteiger partial charge in [-0.1, -0.05) is 23.9 Å². The van der Waals surface area contributed by atoms with Crippen molar-refractivity contribution in [3.8, 4) is 0 Å². The number of aromatic nitrogens is 1. The second-order valence-electron chi connectivity index (χ2n) is 4.58. The van der Waals surface area contributed by atoms with E-state index in [0.29, 0.717) is 24.1 Å². The van der Waals surface area contributed by atoms with Crippen LogP contribution in [0, 0.1) is 5.92 Å². The zero-order chi connectivity index (χ0) is 13.2. The fraction of sp³-hybridized carbons (Fsp3) is 0.385. The van der Waals surface area contributed by atoms with Crippen LogP contribution in [0.2, 0.25) is 0 Å². The van der Waals surface area contributed by atoms with Gasteiger partial charge in [-0.15, -0.1) is 0 Å². The molecular formula is C13H14N2O3S. The standard InChI is InChI=1S/C13H14N2O3S/c16-7-9-5-15(6-9)12(17)8-19-13-14-10-3-1-2-4-11(10)18-13/h1-4,9,16H,5-8H2. The molecule has 5 nitrogen and oxygen atoms in total. The molecular weight excluding hydrogens is 264 g/mol. The zero-order valence-electron chi connectivity index (χ0n) is 10.3. The molecule has 19 heavy (non-hydrogen) atoms. The number of hydrogen-bond acceptors (Lipinski definition) is 5. The van der Waals surface area contributed by atoms with Crippen molar-refractivity contribution < 1.29 is 14.3 Å². The second kappa shape index (κ2) is 5.22. The molecule has 100 valence electrons. The van der Waals surface area contributed by atoms with Crippen molar-refractivity contribution in [1.82, 2.24) is 9.88 Å². The quantitative estimate of drug-likeness (QED) is 0.856. The average Bonchev–Trinajstić information content (AvgIpc) is 2.77. The Bertz CT molecular complexity index is 559. The van der Waals surface area contributed by atoms with Crippen molar-refractivity contribution in [2.75, 3.05) is 25.4 Å². The molecule has 2 aromatic rings. The van der Waals surface area contributed by atoms with Gasteiger partial charge in [0.15, 0.2) is 5.58 Å². The number of oxazole rings is 1. The Morgan fingerprint density at radius 2 is 2.26 bits per heavy atom. The van der Waals surface area contributed by atoms with E-state index in [-0.39, 0.29) is 18.4 Å². The summed E-state index contributed by atoms with van der Waals surface area (Å²) in [5, 5.41) is 9.43. The first-order valence-corrected chi connectivity index (χ1v) is 7.12. The lowest BCUT2D eigenvalue weighted by molar-refractivity contribution is -0.135. The van der Waals surface area contributed by atoms with Gasteiger partial charge in [0.1, 0.15) is 5.52 Å². The minimum Gasteiger partial charge on any atom is -0.431 e. The van der Waals surface area contributed by atoms with Gasteiger partial charge in [-0.05, 0) is 12.1 Å². The smallest absolute Gasteiger partial charge is 0.257 e. The number of aliphatic hydroxyl groups is 1. The van der Waals surface area contributed by atoms with Crippen LogP contribution in [0.1, 0.15) is 0 Å². The number of carbonyl (C=O) groups is 1. The summed E-state index contributed by atoms with van der Waals surface area (Å²) in [5.41, 5.74) is 1.54. The van der Waals surface area contributed by atoms with Gasteiger partial charge in [-0.25, -0.2) is 4.98 Å². The third-order valence-corrected chi connectivity index (χ3v) is 3.97. The predicted molar refractivity (Wildman–Crippen MR) is 71.9 cm³/mol. The number of para-hydroxylation sites is 2. The van der Waals surface area contributed by atoms with Crippen LogP contribution < -0.4 is 0 Å². The SMILES string of the molecule is O=C(CSc1nc2ccccc2o1)N1CC(CO)C1. The highest BCUT2D eigenvalue weighted by atomic mass is 32.2. The van der Waals surface area contributed by atoms with E-state index in [4.69, 9.17) is 9.52 Å². The van der Waals surface area contributed by atoms with Gasteiger partial charge in [0.25, 0.3) is 5.22 Å². The van der Waals surface area contributed by atoms with E-state index in [2.05, 4.69) is 4.98 Å². The molecule has 0 radical (unpaired) electrons. The monoisotopic (exact) mass is 278 g/mol. The highest BCUT2D eigenvalue weighted by Gasteiger charge is 2.29. The highest BCUT2D eigenvalue weighted by Crippen LogP contribution is 2.24.